The summed E-state index contributed by atoms with van der Waals surface area (Å²) < 4.78 is 30.1. The summed E-state index contributed by atoms with van der Waals surface area (Å²) >= 11 is 1.68. The highest BCUT2D eigenvalue weighted by atomic mass is 32.2. The SMILES string of the molecule is CC[C@H](Oc1ccc(N(C)S(C)(=O)=O)cc1)C(=O)NCCSc1ccccc1. The van der Waals surface area contributed by atoms with Crippen LogP contribution < -0.4 is 14.4 Å². The second-order valence-corrected chi connectivity index (χ2v) is 9.37. The van der Waals surface area contributed by atoms with Crippen LogP contribution in [-0.4, -0.2) is 46.0 Å². The van der Waals surface area contributed by atoms with Gasteiger partial charge in [0.1, 0.15) is 5.75 Å². The number of carbonyl (C=O) groups excluding carboxylic acids is 1. The third-order valence-electron chi connectivity index (χ3n) is 4.05. The molecule has 0 radical (unpaired) electrons. The molecule has 1 amide bonds. The van der Waals surface area contributed by atoms with Gasteiger partial charge in [-0.05, 0) is 42.8 Å². The number of thioether (sulfide) groups is 1. The highest BCUT2D eigenvalue weighted by Crippen LogP contribution is 2.21. The van der Waals surface area contributed by atoms with Crippen LogP contribution in [0.25, 0.3) is 0 Å². The van der Waals surface area contributed by atoms with E-state index in [2.05, 4.69) is 5.32 Å². The van der Waals surface area contributed by atoms with Gasteiger partial charge < -0.3 is 10.1 Å². The minimum absolute atomic E-state index is 0.159. The molecule has 1 atom stereocenters. The van der Waals surface area contributed by atoms with Crippen molar-refractivity contribution in [2.75, 3.05) is 29.9 Å². The molecular weight excluding hydrogens is 396 g/mol. The van der Waals surface area contributed by atoms with Gasteiger partial charge in [0.2, 0.25) is 10.0 Å². The quantitative estimate of drug-likeness (QED) is 0.470. The Hall–Kier alpha value is -2.19. The molecule has 28 heavy (non-hydrogen) atoms. The predicted octanol–water partition coefficient (Wildman–Crippen LogP) is 3.15. The van der Waals surface area contributed by atoms with E-state index < -0.39 is 16.1 Å². The van der Waals surface area contributed by atoms with E-state index in [1.807, 2.05) is 37.3 Å². The molecule has 0 aromatic heterocycles. The number of nitrogens with zero attached hydrogens (tertiary/aromatic N) is 1. The average molecular weight is 423 g/mol. The number of carbonyl (C=O) groups is 1. The van der Waals surface area contributed by atoms with Crippen molar-refractivity contribution in [1.82, 2.24) is 5.32 Å². The zero-order valence-electron chi connectivity index (χ0n) is 16.3. The van der Waals surface area contributed by atoms with E-state index in [1.54, 1.807) is 36.0 Å². The molecule has 0 aliphatic rings. The topological polar surface area (TPSA) is 75.7 Å². The molecule has 0 spiro atoms. The molecule has 2 rings (SSSR count). The number of nitrogens with one attached hydrogen (secondary N) is 1. The fourth-order valence-electron chi connectivity index (χ4n) is 2.39. The van der Waals surface area contributed by atoms with Crippen molar-refractivity contribution in [3.63, 3.8) is 0 Å². The van der Waals surface area contributed by atoms with Crippen molar-refractivity contribution in [3.05, 3.63) is 54.6 Å². The van der Waals surface area contributed by atoms with Gasteiger partial charge in [-0.1, -0.05) is 25.1 Å². The van der Waals surface area contributed by atoms with Crippen molar-refractivity contribution < 1.29 is 17.9 Å². The Kier molecular flexibility index (Phi) is 8.19. The average Bonchev–Trinajstić information content (AvgIpc) is 2.69. The molecule has 0 bridgehead atoms. The van der Waals surface area contributed by atoms with Crippen LogP contribution >= 0.6 is 11.8 Å². The number of sulfonamides is 1. The van der Waals surface area contributed by atoms with Crippen LogP contribution in [0.1, 0.15) is 13.3 Å². The molecular formula is C20H26N2O4S2. The van der Waals surface area contributed by atoms with Gasteiger partial charge in [-0.25, -0.2) is 8.42 Å². The van der Waals surface area contributed by atoms with Gasteiger partial charge in [0, 0.05) is 24.2 Å². The molecule has 0 saturated carbocycles. The molecule has 0 aliphatic heterocycles. The number of hydrogen-bond acceptors (Lipinski definition) is 5. The first-order chi connectivity index (χ1) is 13.3. The monoisotopic (exact) mass is 422 g/mol. The van der Waals surface area contributed by atoms with Gasteiger partial charge in [0.15, 0.2) is 6.10 Å². The van der Waals surface area contributed by atoms with Crippen molar-refractivity contribution in [2.45, 2.75) is 24.3 Å². The number of benzene rings is 2. The Morgan fingerprint density at radius 2 is 1.79 bits per heavy atom. The third kappa shape index (κ3) is 6.76. The zero-order valence-corrected chi connectivity index (χ0v) is 17.9. The van der Waals surface area contributed by atoms with Gasteiger partial charge in [-0.3, -0.25) is 9.10 Å². The van der Waals surface area contributed by atoms with Crippen LogP contribution in [0, 0.1) is 0 Å². The van der Waals surface area contributed by atoms with Gasteiger partial charge in [-0.15, -0.1) is 11.8 Å². The van der Waals surface area contributed by atoms with Crippen LogP contribution in [0.15, 0.2) is 59.5 Å². The van der Waals surface area contributed by atoms with Crippen molar-refractivity contribution in [2.24, 2.45) is 0 Å². The Balaban J connectivity index is 1.84. The first kappa shape index (κ1) is 22.1. The standard InChI is InChI=1S/C20H26N2O4S2/c1-4-19(20(23)21-14-15-27-18-8-6-5-7-9-18)26-17-12-10-16(11-13-17)22(2)28(3,24)25/h5-13,19H,4,14-15H2,1-3H3,(H,21,23)/t19-/m0/s1. The lowest BCUT2D eigenvalue weighted by molar-refractivity contribution is -0.127. The van der Waals surface area contributed by atoms with E-state index in [0.29, 0.717) is 24.4 Å². The summed E-state index contributed by atoms with van der Waals surface area (Å²) in [6, 6.07) is 16.7. The van der Waals surface area contributed by atoms with E-state index in [0.717, 1.165) is 12.0 Å². The third-order valence-corrected chi connectivity index (χ3v) is 6.27. The largest absolute Gasteiger partial charge is 0.481 e. The van der Waals surface area contributed by atoms with Gasteiger partial charge >= 0.3 is 0 Å². The summed E-state index contributed by atoms with van der Waals surface area (Å²) in [5, 5.41) is 2.90. The first-order valence-electron chi connectivity index (χ1n) is 8.97. The summed E-state index contributed by atoms with van der Waals surface area (Å²) in [7, 11) is -1.83. The molecule has 0 aliphatic carbocycles. The van der Waals surface area contributed by atoms with Crippen LogP contribution in [0.4, 0.5) is 5.69 Å². The van der Waals surface area contributed by atoms with Crippen LogP contribution in [0.5, 0.6) is 5.75 Å². The molecule has 2 aromatic carbocycles. The van der Waals surface area contributed by atoms with E-state index in [1.165, 1.54) is 16.2 Å². The number of hydrogen-bond donors (Lipinski definition) is 1. The minimum Gasteiger partial charge on any atom is -0.481 e. The van der Waals surface area contributed by atoms with Gasteiger partial charge in [0.05, 0.1) is 11.9 Å². The Morgan fingerprint density at radius 1 is 1.14 bits per heavy atom. The van der Waals surface area contributed by atoms with E-state index in [-0.39, 0.29) is 5.91 Å². The number of anilines is 1. The lowest BCUT2D eigenvalue weighted by Crippen LogP contribution is -2.39. The minimum atomic E-state index is -3.32. The molecule has 0 fully saturated rings. The summed E-state index contributed by atoms with van der Waals surface area (Å²) in [6.45, 7) is 2.44. The van der Waals surface area contributed by atoms with E-state index >= 15 is 0 Å². The molecule has 8 heteroatoms. The van der Waals surface area contributed by atoms with E-state index in [4.69, 9.17) is 4.74 Å². The van der Waals surface area contributed by atoms with Crippen LogP contribution in [0.2, 0.25) is 0 Å². The van der Waals surface area contributed by atoms with Crippen molar-refractivity contribution >= 4 is 33.4 Å². The van der Waals surface area contributed by atoms with Crippen LogP contribution in [-0.2, 0) is 14.8 Å². The predicted molar refractivity (Wildman–Crippen MR) is 115 cm³/mol. The van der Waals surface area contributed by atoms with Crippen molar-refractivity contribution in [1.29, 1.82) is 0 Å². The molecule has 0 heterocycles. The summed E-state index contributed by atoms with van der Waals surface area (Å²) in [5.41, 5.74) is 0.533. The normalized spacial score (nSPS) is 12.2. The maximum atomic E-state index is 12.4. The lowest BCUT2D eigenvalue weighted by atomic mass is 10.2. The van der Waals surface area contributed by atoms with Gasteiger partial charge in [0.25, 0.3) is 5.91 Å². The summed E-state index contributed by atoms with van der Waals surface area (Å²) in [4.78, 5) is 13.5. The molecule has 0 saturated heterocycles. The second kappa shape index (κ2) is 10.4. The fraction of sp³-hybridized carbons (Fsp3) is 0.350. The van der Waals surface area contributed by atoms with Crippen LogP contribution in [0.3, 0.4) is 0 Å². The lowest BCUT2D eigenvalue weighted by Gasteiger charge is -2.19. The molecule has 2 aromatic rings. The zero-order chi connectivity index (χ0) is 20.6. The first-order valence-corrected chi connectivity index (χ1v) is 11.8. The highest BCUT2D eigenvalue weighted by Gasteiger charge is 2.18. The second-order valence-electron chi connectivity index (χ2n) is 6.19. The molecule has 1 N–H and O–H groups in total. The maximum Gasteiger partial charge on any atom is 0.261 e. The van der Waals surface area contributed by atoms with Crippen molar-refractivity contribution in [3.8, 4) is 5.75 Å². The smallest absolute Gasteiger partial charge is 0.261 e. The number of rotatable bonds is 10. The number of amides is 1. The Labute approximate surface area is 171 Å². The summed E-state index contributed by atoms with van der Waals surface area (Å²) in [5.74, 6) is 1.14. The Morgan fingerprint density at radius 3 is 2.36 bits per heavy atom. The van der Waals surface area contributed by atoms with Gasteiger partial charge in [-0.2, -0.15) is 0 Å². The van der Waals surface area contributed by atoms with E-state index in [9.17, 15) is 13.2 Å². The highest BCUT2D eigenvalue weighted by molar-refractivity contribution is 7.99. The fourth-order valence-corrected chi connectivity index (χ4v) is 3.68. The summed E-state index contributed by atoms with van der Waals surface area (Å²) in [6.07, 6.45) is 1.08. The number of ether oxygens (including phenoxy) is 1. The molecule has 0 unspecified atom stereocenters. The Bertz CT molecular complexity index is 856. The maximum absolute atomic E-state index is 12.4. The molecule has 152 valence electrons. The molecule has 6 nitrogen and oxygen atoms in total.